The summed E-state index contributed by atoms with van der Waals surface area (Å²) in [5.74, 6) is -0.838. The summed E-state index contributed by atoms with van der Waals surface area (Å²) >= 11 is 0. The molecule has 28 heavy (non-hydrogen) atoms. The molecule has 3 rings (SSSR count). The Morgan fingerprint density at radius 1 is 1.04 bits per heavy atom. The molecular weight excluding hydrogens is 364 g/mol. The van der Waals surface area contributed by atoms with Gasteiger partial charge in [0.1, 0.15) is 11.6 Å². The standard InChI is InChI=1S/C21H23F2N3O2/c1-21(19(27)24-13-15-3-5-16(22)6-4-15)11-2-12-26(14-21)20(28)25-18-9-7-17(23)8-10-18/h3-10H,2,11-14H2,1H3,(H,24,27)(H,25,28)/t21-/m1/s1. The largest absolute Gasteiger partial charge is 0.351 e. The Hall–Kier alpha value is -2.96. The van der Waals surface area contributed by atoms with Crippen LogP contribution in [0.2, 0.25) is 0 Å². The number of rotatable bonds is 4. The fourth-order valence-electron chi connectivity index (χ4n) is 3.33. The second-order valence-electron chi connectivity index (χ2n) is 7.33. The highest BCUT2D eigenvalue weighted by molar-refractivity contribution is 5.90. The highest BCUT2D eigenvalue weighted by atomic mass is 19.1. The number of carbonyl (C=O) groups is 2. The molecular formula is C21H23F2N3O2. The number of nitrogens with one attached hydrogen (secondary N) is 2. The van der Waals surface area contributed by atoms with Crippen molar-refractivity contribution in [1.29, 1.82) is 0 Å². The molecule has 1 aliphatic rings. The fraction of sp³-hybridized carbons (Fsp3) is 0.333. The lowest BCUT2D eigenvalue weighted by Gasteiger charge is -2.39. The minimum absolute atomic E-state index is 0.142. The van der Waals surface area contributed by atoms with Crippen molar-refractivity contribution in [3.63, 3.8) is 0 Å². The maximum absolute atomic E-state index is 13.0. The molecule has 1 aliphatic heterocycles. The molecule has 2 N–H and O–H groups in total. The molecule has 0 saturated carbocycles. The van der Waals surface area contributed by atoms with Gasteiger partial charge in [-0.25, -0.2) is 13.6 Å². The number of nitrogens with zero attached hydrogens (tertiary/aromatic N) is 1. The van der Waals surface area contributed by atoms with E-state index in [1.165, 1.54) is 36.4 Å². The minimum Gasteiger partial charge on any atom is -0.351 e. The number of urea groups is 1. The minimum atomic E-state index is -0.710. The number of anilines is 1. The first-order valence-corrected chi connectivity index (χ1v) is 9.20. The number of hydrogen-bond acceptors (Lipinski definition) is 2. The molecule has 0 unspecified atom stereocenters. The van der Waals surface area contributed by atoms with E-state index >= 15 is 0 Å². The molecule has 0 aromatic heterocycles. The van der Waals surface area contributed by atoms with E-state index in [0.717, 1.165) is 5.56 Å². The van der Waals surface area contributed by atoms with Crippen molar-refractivity contribution in [2.75, 3.05) is 18.4 Å². The number of likely N-dealkylation sites (tertiary alicyclic amines) is 1. The van der Waals surface area contributed by atoms with Gasteiger partial charge in [0.25, 0.3) is 0 Å². The molecule has 0 spiro atoms. The third-order valence-corrected chi connectivity index (χ3v) is 4.99. The Labute approximate surface area is 162 Å². The number of hydrogen-bond donors (Lipinski definition) is 2. The van der Waals surface area contributed by atoms with Crippen LogP contribution in [0.5, 0.6) is 0 Å². The average Bonchev–Trinajstić information content (AvgIpc) is 2.69. The molecule has 7 heteroatoms. The van der Waals surface area contributed by atoms with E-state index in [4.69, 9.17) is 0 Å². The smallest absolute Gasteiger partial charge is 0.321 e. The van der Waals surface area contributed by atoms with Crippen molar-refractivity contribution in [3.05, 3.63) is 65.7 Å². The quantitative estimate of drug-likeness (QED) is 0.836. The van der Waals surface area contributed by atoms with E-state index in [2.05, 4.69) is 10.6 Å². The van der Waals surface area contributed by atoms with Gasteiger partial charge in [-0.15, -0.1) is 0 Å². The van der Waals surface area contributed by atoms with Crippen LogP contribution < -0.4 is 10.6 Å². The van der Waals surface area contributed by atoms with E-state index in [0.29, 0.717) is 31.6 Å². The molecule has 1 atom stereocenters. The normalized spacial score (nSPS) is 19.2. The third-order valence-electron chi connectivity index (χ3n) is 4.99. The Balaban J connectivity index is 1.58. The molecule has 0 radical (unpaired) electrons. The fourth-order valence-corrected chi connectivity index (χ4v) is 3.33. The van der Waals surface area contributed by atoms with Gasteiger partial charge >= 0.3 is 6.03 Å². The average molecular weight is 387 g/mol. The van der Waals surface area contributed by atoms with Crippen LogP contribution in [0.15, 0.2) is 48.5 Å². The predicted octanol–water partition coefficient (Wildman–Crippen LogP) is 3.92. The molecule has 5 nitrogen and oxygen atoms in total. The molecule has 148 valence electrons. The van der Waals surface area contributed by atoms with Crippen molar-refractivity contribution in [3.8, 4) is 0 Å². The Morgan fingerprint density at radius 2 is 1.64 bits per heavy atom. The highest BCUT2D eigenvalue weighted by Gasteiger charge is 2.39. The topological polar surface area (TPSA) is 61.4 Å². The van der Waals surface area contributed by atoms with Gasteiger partial charge in [-0.1, -0.05) is 12.1 Å². The van der Waals surface area contributed by atoms with Crippen molar-refractivity contribution in [1.82, 2.24) is 10.2 Å². The van der Waals surface area contributed by atoms with Crippen molar-refractivity contribution in [2.45, 2.75) is 26.3 Å². The number of piperidine rings is 1. The Kier molecular flexibility index (Phi) is 5.92. The van der Waals surface area contributed by atoms with Gasteiger partial charge in [0, 0.05) is 25.3 Å². The zero-order valence-electron chi connectivity index (χ0n) is 15.7. The molecule has 1 heterocycles. The molecule has 0 bridgehead atoms. The zero-order chi connectivity index (χ0) is 20.1. The number of carbonyl (C=O) groups excluding carboxylic acids is 2. The van der Waals surface area contributed by atoms with Gasteiger partial charge in [-0.2, -0.15) is 0 Å². The van der Waals surface area contributed by atoms with E-state index in [-0.39, 0.29) is 30.1 Å². The van der Waals surface area contributed by atoms with E-state index in [1.807, 2.05) is 6.92 Å². The van der Waals surface area contributed by atoms with Gasteiger partial charge in [-0.3, -0.25) is 4.79 Å². The van der Waals surface area contributed by atoms with Crippen molar-refractivity contribution in [2.24, 2.45) is 5.41 Å². The first-order chi connectivity index (χ1) is 13.4. The van der Waals surface area contributed by atoms with Crippen LogP contribution in [0.4, 0.5) is 19.3 Å². The molecule has 0 aliphatic carbocycles. The molecule has 1 saturated heterocycles. The van der Waals surface area contributed by atoms with Crippen LogP contribution in [0.3, 0.4) is 0 Å². The second kappa shape index (κ2) is 8.37. The maximum Gasteiger partial charge on any atom is 0.321 e. The van der Waals surface area contributed by atoms with E-state index in [9.17, 15) is 18.4 Å². The van der Waals surface area contributed by atoms with Gasteiger partial charge in [0.2, 0.25) is 5.91 Å². The molecule has 2 aromatic carbocycles. The summed E-state index contributed by atoms with van der Waals surface area (Å²) < 4.78 is 26.0. The summed E-state index contributed by atoms with van der Waals surface area (Å²) in [5, 5.41) is 5.61. The molecule has 1 fully saturated rings. The van der Waals surface area contributed by atoms with Gasteiger partial charge in [-0.05, 0) is 61.7 Å². The van der Waals surface area contributed by atoms with Crippen molar-refractivity contribution < 1.29 is 18.4 Å². The van der Waals surface area contributed by atoms with Crippen LogP contribution in [-0.2, 0) is 11.3 Å². The first kappa shape index (κ1) is 19.8. The molecule has 2 aromatic rings. The monoisotopic (exact) mass is 387 g/mol. The number of amides is 3. The van der Waals surface area contributed by atoms with E-state index < -0.39 is 5.41 Å². The third kappa shape index (κ3) is 4.85. The van der Waals surface area contributed by atoms with Crippen LogP contribution >= 0.6 is 0 Å². The SMILES string of the molecule is C[C@@]1(C(=O)NCc2ccc(F)cc2)CCCN(C(=O)Nc2ccc(F)cc2)C1. The summed E-state index contributed by atoms with van der Waals surface area (Å²) in [6.45, 7) is 2.98. The van der Waals surface area contributed by atoms with Crippen LogP contribution in [-0.4, -0.2) is 29.9 Å². The zero-order valence-corrected chi connectivity index (χ0v) is 15.7. The Bertz CT molecular complexity index is 840. The lowest BCUT2D eigenvalue weighted by molar-refractivity contribution is -0.132. The van der Waals surface area contributed by atoms with Gasteiger partial charge < -0.3 is 15.5 Å². The van der Waals surface area contributed by atoms with Crippen LogP contribution in [0, 0.1) is 17.0 Å². The predicted molar refractivity (Wildman–Crippen MR) is 103 cm³/mol. The van der Waals surface area contributed by atoms with Crippen LogP contribution in [0.1, 0.15) is 25.3 Å². The first-order valence-electron chi connectivity index (χ1n) is 9.20. The maximum atomic E-state index is 13.0. The summed E-state index contributed by atoms with van der Waals surface area (Å²) in [7, 11) is 0. The molecule has 3 amide bonds. The summed E-state index contributed by atoms with van der Waals surface area (Å²) in [6, 6.07) is 11.2. The lowest BCUT2D eigenvalue weighted by Crippen LogP contribution is -2.52. The second-order valence-corrected chi connectivity index (χ2v) is 7.33. The van der Waals surface area contributed by atoms with Crippen molar-refractivity contribution >= 4 is 17.6 Å². The summed E-state index contributed by atoms with van der Waals surface area (Å²) in [4.78, 5) is 26.9. The van der Waals surface area contributed by atoms with E-state index in [1.54, 1.807) is 17.0 Å². The summed E-state index contributed by atoms with van der Waals surface area (Å²) in [5.41, 5.74) is 0.595. The number of benzene rings is 2. The highest BCUT2D eigenvalue weighted by Crippen LogP contribution is 2.30. The van der Waals surface area contributed by atoms with Gasteiger partial charge in [0.05, 0.1) is 5.41 Å². The Morgan fingerprint density at radius 3 is 2.29 bits per heavy atom. The summed E-state index contributed by atoms with van der Waals surface area (Å²) in [6.07, 6.45) is 1.37. The lowest BCUT2D eigenvalue weighted by atomic mass is 9.81. The number of halogens is 2. The van der Waals surface area contributed by atoms with Crippen LogP contribution in [0.25, 0.3) is 0 Å². The van der Waals surface area contributed by atoms with Gasteiger partial charge in [0.15, 0.2) is 0 Å².